The fraction of sp³-hybridized carbons (Fsp3) is 0.105. The Morgan fingerprint density at radius 1 is 1.12 bits per heavy atom. The summed E-state index contributed by atoms with van der Waals surface area (Å²) >= 11 is 3.50. The van der Waals surface area contributed by atoms with Crippen LogP contribution < -0.4 is 0 Å². The van der Waals surface area contributed by atoms with Crippen LogP contribution in [0.25, 0.3) is 17.1 Å². The van der Waals surface area contributed by atoms with E-state index in [-0.39, 0.29) is 5.91 Å². The molecule has 2 aromatic carbocycles. The van der Waals surface area contributed by atoms with E-state index in [0.717, 1.165) is 21.1 Å². The number of benzene rings is 2. The predicted molar refractivity (Wildman–Crippen MR) is 99.2 cm³/mol. The van der Waals surface area contributed by atoms with E-state index in [9.17, 15) is 4.79 Å². The summed E-state index contributed by atoms with van der Waals surface area (Å²) in [6.07, 6.45) is 4.88. The molecule has 5 heteroatoms. The fourth-order valence-corrected chi connectivity index (χ4v) is 2.71. The summed E-state index contributed by atoms with van der Waals surface area (Å²) in [6, 6.07) is 15.5. The Kier molecular flexibility index (Phi) is 5.01. The number of aromatic nitrogens is 2. The van der Waals surface area contributed by atoms with E-state index in [4.69, 9.17) is 0 Å². The van der Waals surface area contributed by atoms with Gasteiger partial charge in [0.2, 0.25) is 5.91 Å². The summed E-state index contributed by atoms with van der Waals surface area (Å²) < 4.78 is 0.994. The van der Waals surface area contributed by atoms with Crippen LogP contribution >= 0.6 is 15.9 Å². The van der Waals surface area contributed by atoms with Gasteiger partial charge < -0.3 is 4.90 Å². The van der Waals surface area contributed by atoms with Crippen molar-refractivity contribution in [3.05, 3.63) is 76.5 Å². The molecule has 24 heavy (non-hydrogen) atoms. The summed E-state index contributed by atoms with van der Waals surface area (Å²) in [4.78, 5) is 22.7. The SMILES string of the molecule is CN(Cc1ccccc1Br)C(=O)/C=C/c1cnc2ccccc2n1. The van der Waals surface area contributed by atoms with E-state index in [2.05, 4.69) is 25.9 Å². The second kappa shape index (κ2) is 7.36. The third kappa shape index (κ3) is 3.86. The van der Waals surface area contributed by atoms with Crippen LogP contribution in [0.4, 0.5) is 0 Å². The molecule has 0 unspecified atom stereocenters. The van der Waals surface area contributed by atoms with E-state index in [1.165, 1.54) is 6.08 Å². The maximum atomic E-state index is 12.3. The van der Waals surface area contributed by atoms with Gasteiger partial charge in [0, 0.05) is 24.1 Å². The molecule has 0 radical (unpaired) electrons. The van der Waals surface area contributed by atoms with Crippen molar-refractivity contribution in [2.75, 3.05) is 7.05 Å². The highest BCUT2D eigenvalue weighted by Gasteiger charge is 2.08. The standard InChI is InChI=1S/C19H16BrN3O/c1-23(13-14-6-2-3-7-16(14)20)19(24)11-10-15-12-21-17-8-4-5-9-18(17)22-15/h2-12H,13H2,1H3/b11-10+. The zero-order chi connectivity index (χ0) is 16.9. The lowest BCUT2D eigenvalue weighted by molar-refractivity contribution is -0.125. The van der Waals surface area contributed by atoms with Gasteiger partial charge in [-0.2, -0.15) is 0 Å². The molecule has 0 aliphatic carbocycles. The molecular weight excluding hydrogens is 366 g/mol. The lowest BCUT2D eigenvalue weighted by Crippen LogP contribution is -2.24. The van der Waals surface area contributed by atoms with Crippen LogP contribution in [0.3, 0.4) is 0 Å². The molecule has 3 aromatic rings. The van der Waals surface area contributed by atoms with E-state index in [0.29, 0.717) is 12.2 Å². The van der Waals surface area contributed by atoms with Crippen molar-refractivity contribution < 1.29 is 4.79 Å². The maximum absolute atomic E-state index is 12.3. The number of carbonyl (C=O) groups excluding carboxylic acids is 1. The fourth-order valence-electron chi connectivity index (χ4n) is 2.30. The van der Waals surface area contributed by atoms with Crippen molar-refractivity contribution in [1.29, 1.82) is 0 Å². The Morgan fingerprint density at radius 2 is 1.83 bits per heavy atom. The molecule has 0 saturated heterocycles. The number of rotatable bonds is 4. The second-order valence-electron chi connectivity index (χ2n) is 5.40. The quantitative estimate of drug-likeness (QED) is 0.640. The van der Waals surface area contributed by atoms with Gasteiger partial charge in [-0.1, -0.05) is 46.3 Å². The third-order valence-corrected chi connectivity index (χ3v) is 4.38. The lowest BCUT2D eigenvalue weighted by Gasteiger charge is -2.16. The van der Waals surface area contributed by atoms with Crippen LogP contribution in [0, 0.1) is 0 Å². The minimum atomic E-state index is -0.0827. The van der Waals surface area contributed by atoms with Crippen LogP contribution in [-0.4, -0.2) is 27.8 Å². The molecule has 0 bridgehead atoms. The smallest absolute Gasteiger partial charge is 0.246 e. The number of hydrogen-bond donors (Lipinski definition) is 0. The third-order valence-electron chi connectivity index (χ3n) is 3.61. The van der Waals surface area contributed by atoms with Crippen LogP contribution in [-0.2, 0) is 11.3 Å². The van der Waals surface area contributed by atoms with Gasteiger partial charge in [0.1, 0.15) is 0 Å². The molecule has 4 nitrogen and oxygen atoms in total. The monoisotopic (exact) mass is 381 g/mol. The van der Waals surface area contributed by atoms with Crippen molar-refractivity contribution in [3.8, 4) is 0 Å². The minimum Gasteiger partial charge on any atom is -0.338 e. The molecule has 1 amide bonds. The first-order chi connectivity index (χ1) is 11.6. The number of para-hydroxylation sites is 2. The molecule has 0 fully saturated rings. The predicted octanol–water partition coefficient (Wildman–Crippen LogP) is 4.06. The molecule has 120 valence electrons. The van der Waals surface area contributed by atoms with E-state index >= 15 is 0 Å². The first-order valence-corrected chi connectivity index (χ1v) is 8.31. The lowest BCUT2D eigenvalue weighted by atomic mass is 10.2. The maximum Gasteiger partial charge on any atom is 0.246 e. The Hall–Kier alpha value is -2.53. The second-order valence-corrected chi connectivity index (χ2v) is 6.26. The molecule has 0 atom stereocenters. The van der Waals surface area contributed by atoms with Gasteiger partial charge in [-0.15, -0.1) is 0 Å². The molecular formula is C19H16BrN3O. The number of likely N-dealkylation sites (N-methyl/N-ethyl adjacent to an activating group) is 1. The molecule has 0 aliphatic rings. The van der Waals surface area contributed by atoms with Crippen LogP contribution in [0.1, 0.15) is 11.3 Å². The zero-order valence-electron chi connectivity index (χ0n) is 13.2. The number of amides is 1. The normalized spacial score (nSPS) is 11.1. The highest BCUT2D eigenvalue weighted by atomic mass is 79.9. The van der Waals surface area contributed by atoms with E-state index in [1.807, 2.05) is 48.5 Å². The zero-order valence-corrected chi connectivity index (χ0v) is 14.8. The Labute approximate surface area is 149 Å². The van der Waals surface area contributed by atoms with Crippen LogP contribution in [0.15, 0.2) is 65.3 Å². The van der Waals surface area contributed by atoms with Gasteiger partial charge in [0.05, 0.1) is 22.9 Å². The number of nitrogens with zero attached hydrogens (tertiary/aromatic N) is 3. The number of fused-ring (bicyclic) bond motifs is 1. The summed E-state index contributed by atoms with van der Waals surface area (Å²) in [7, 11) is 1.78. The van der Waals surface area contributed by atoms with Crippen LogP contribution in [0.2, 0.25) is 0 Å². The van der Waals surface area contributed by atoms with E-state index < -0.39 is 0 Å². The van der Waals surface area contributed by atoms with Crippen LogP contribution in [0.5, 0.6) is 0 Å². The molecule has 3 rings (SSSR count). The number of halogens is 1. The molecule has 0 aliphatic heterocycles. The molecule has 1 heterocycles. The molecule has 0 N–H and O–H groups in total. The van der Waals surface area contributed by atoms with Crippen molar-refractivity contribution in [3.63, 3.8) is 0 Å². The van der Waals surface area contributed by atoms with Gasteiger partial charge in [0.15, 0.2) is 0 Å². The Balaban J connectivity index is 1.70. The van der Waals surface area contributed by atoms with Gasteiger partial charge in [0.25, 0.3) is 0 Å². The average molecular weight is 382 g/mol. The number of carbonyl (C=O) groups is 1. The number of hydrogen-bond acceptors (Lipinski definition) is 3. The Bertz CT molecular complexity index is 908. The first-order valence-electron chi connectivity index (χ1n) is 7.52. The van der Waals surface area contributed by atoms with Gasteiger partial charge in [-0.3, -0.25) is 9.78 Å². The molecule has 0 spiro atoms. The first kappa shape index (κ1) is 16.3. The highest BCUT2D eigenvalue weighted by molar-refractivity contribution is 9.10. The molecule has 1 aromatic heterocycles. The van der Waals surface area contributed by atoms with Crippen molar-refractivity contribution in [2.24, 2.45) is 0 Å². The van der Waals surface area contributed by atoms with Crippen molar-refractivity contribution in [2.45, 2.75) is 6.54 Å². The molecule has 0 saturated carbocycles. The summed E-state index contributed by atoms with van der Waals surface area (Å²) in [6.45, 7) is 0.536. The summed E-state index contributed by atoms with van der Waals surface area (Å²) in [5.41, 5.74) is 3.38. The van der Waals surface area contributed by atoms with Crippen molar-refractivity contribution in [1.82, 2.24) is 14.9 Å². The van der Waals surface area contributed by atoms with E-state index in [1.54, 1.807) is 24.2 Å². The summed E-state index contributed by atoms with van der Waals surface area (Å²) in [5.74, 6) is -0.0827. The summed E-state index contributed by atoms with van der Waals surface area (Å²) in [5, 5.41) is 0. The highest BCUT2D eigenvalue weighted by Crippen LogP contribution is 2.17. The largest absolute Gasteiger partial charge is 0.338 e. The van der Waals surface area contributed by atoms with Gasteiger partial charge in [-0.25, -0.2) is 4.98 Å². The van der Waals surface area contributed by atoms with Crippen molar-refractivity contribution >= 4 is 38.9 Å². The Morgan fingerprint density at radius 3 is 2.62 bits per heavy atom. The van der Waals surface area contributed by atoms with Gasteiger partial charge >= 0.3 is 0 Å². The average Bonchev–Trinajstić information content (AvgIpc) is 2.61. The topological polar surface area (TPSA) is 46.1 Å². The van der Waals surface area contributed by atoms with Gasteiger partial charge in [-0.05, 0) is 29.8 Å². The minimum absolute atomic E-state index is 0.0827.